The van der Waals surface area contributed by atoms with E-state index in [9.17, 15) is 18.4 Å². The third kappa shape index (κ3) is 6.05. The molecule has 0 bridgehead atoms. The first-order valence-corrected chi connectivity index (χ1v) is 9.40. The van der Waals surface area contributed by atoms with Crippen molar-refractivity contribution in [1.29, 1.82) is 0 Å². The molecule has 1 unspecified atom stereocenters. The Hall–Kier alpha value is -2.92. The van der Waals surface area contributed by atoms with Crippen LogP contribution in [0.2, 0.25) is 0 Å². The monoisotopic (exact) mass is 444 g/mol. The van der Waals surface area contributed by atoms with Crippen molar-refractivity contribution in [3.63, 3.8) is 0 Å². The lowest BCUT2D eigenvalue weighted by Gasteiger charge is -2.35. The number of benzene rings is 1. The first-order valence-electron chi connectivity index (χ1n) is 9.40. The second-order valence-corrected chi connectivity index (χ2v) is 6.44. The molecular formula is C20H26F2N2O7. The van der Waals surface area contributed by atoms with Gasteiger partial charge in [0.15, 0.2) is 11.5 Å². The van der Waals surface area contributed by atoms with Gasteiger partial charge in [0.1, 0.15) is 6.61 Å². The Morgan fingerprint density at radius 2 is 1.84 bits per heavy atom. The molecular weight excluding hydrogens is 418 g/mol. The number of amides is 2. The fourth-order valence-electron chi connectivity index (χ4n) is 3.10. The van der Waals surface area contributed by atoms with E-state index >= 15 is 0 Å². The number of carbonyl (C=O) groups excluding carboxylic acids is 2. The molecule has 9 nitrogen and oxygen atoms in total. The largest absolute Gasteiger partial charge is 0.493 e. The predicted octanol–water partition coefficient (Wildman–Crippen LogP) is 2.47. The summed E-state index contributed by atoms with van der Waals surface area (Å²) in [5.41, 5.74) is 1.01. The van der Waals surface area contributed by atoms with Gasteiger partial charge in [-0.3, -0.25) is 4.90 Å². The van der Waals surface area contributed by atoms with Gasteiger partial charge in [0.05, 0.1) is 38.5 Å². The molecule has 0 radical (unpaired) electrons. The minimum Gasteiger partial charge on any atom is -0.493 e. The topological polar surface area (TPSA) is 95.6 Å². The molecule has 0 saturated heterocycles. The van der Waals surface area contributed by atoms with Crippen LogP contribution >= 0.6 is 0 Å². The van der Waals surface area contributed by atoms with Crippen molar-refractivity contribution in [3.05, 3.63) is 35.0 Å². The van der Waals surface area contributed by atoms with Gasteiger partial charge in [-0.05, 0) is 24.6 Å². The van der Waals surface area contributed by atoms with Crippen molar-refractivity contribution >= 4 is 12.0 Å². The molecule has 0 spiro atoms. The molecule has 2 rings (SSSR count). The Bertz CT molecular complexity index is 817. The average molecular weight is 444 g/mol. The fourth-order valence-corrected chi connectivity index (χ4v) is 3.10. The average Bonchev–Trinajstić information content (AvgIpc) is 2.73. The number of halogens is 2. The van der Waals surface area contributed by atoms with Crippen molar-refractivity contribution in [2.45, 2.75) is 19.6 Å². The van der Waals surface area contributed by atoms with E-state index in [1.165, 1.54) is 44.4 Å². The van der Waals surface area contributed by atoms with Crippen LogP contribution in [0.15, 0.2) is 29.5 Å². The normalized spacial score (nSPS) is 16.4. The zero-order valence-electron chi connectivity index (χ0n) is 17.8. The predicted molar refractivity (Wildman–Crippen MR) is 105 cm³/mol. The summed E-state index contributed by atoms with van der Waals surface area (Å²) in [5, 5.41) is 2.75. The Labute approximate surface area is 178 Å². The van der Waals surface area contributed by atoms with Gasteiger partial charge in [-0.2, -0.15) is 8.78 Å². The van der Waals surface area contributed by atoms with Crippen LogP contribution < -0.4 is 14.8 Å². The van der Waals surface area contributed by atoms with Crippen LogP contribution in [0.1, 0.15) is 18.5 Å². The first-order chi connectivity index (χ1) is 14.8. The van der Waals surface area contributed by atoms with Gasteiger partial charge < -0.3 is 29.0 Å². The summed E-state index contributed by atoms with van der Waals surface area (Å²) >= 11 is 0. The van der Waals surface area contributed by atoms with Gasteiger partial charge >= 0.3 is 18.6 Å². The van der Waals surface area contributed by atoms with Crippen molar-refractivity contribution in [2.24, 2.45) is 0 Å². The fraction of sp³-hybridized carbons (Fsp3) is 0.500. The van der Waals surface area contributed by atoms with Crippen molar-refractivity contribution in [2.75, 3.05) is 47.7 Å². The molecule has 1 N–H and O–H groups in total. The van der Waals surface area contributed by atoms with Crippen LogP contribution in [0.25, 0.3) is 0 Å². The molecule has 0 aliphatic carbocycles. The Morgan fingerprint density at radius 1 is 1.13 bits per heavy atom. The van der Waals surface area contributed by atoms with E-state index in [0.717, 1.165) is 0 Å². The molecule has 31 heavy (non-hydrogen) atoms. The molecule has 1 aromatic rings. The third-order valence-electron chi connectivity index (χ3n) is 4.59. The molecule has 1 aliphatic rings. The Balaban J connectivity index is 2.46. The first kappa shape index (κ1) is 24.4. The third-order valence-corrected chi connectivity index (χ3v) is 4.59. The lowest BCUT2D eigenvalue weighted by molar-refractivity contribution is -0.140. The van der Waals surface area contributed by atoms with Crippen molar-refractivity contribution in [3.8, 4) is 11.5 Å². The molecule has 11 heteroatoms. The van der Waals surface area contributed by atoms with Crippen LogP contribution in [-0.2, 0) is 19.0 Å². The number of allylic oxidation sites excluding steroid dienone is 1. The van der Waals surface area contributed by atoms with E-state index in [0.29, 0.717) is 11.3 Å². The minimum absolute atomic E-state index is 0.0232. The molecule has 172 valence electrons. The van der Waals surface area contributed by atoms with Gasteiger partial charge in [0.25, 0.3) is 0 Å². The molecule has 0 fully saturated rings. The number of ether oxygens (including phenoxy) is 5. The summed E-state index contributed by atoms with van der Waals surface area (Å²) in [6.45, 7) is -0.697. The van der Waals surface area contributed by atoms with Crippen molar-refractivity contribution < 1.29 is 42.1 Å². The highest BCUT2D eigenvalue weighted by Gasteiger charge is 2.36. The van der Waals surface area contributed by atoms with Crippen LogP contribution in [0.3, 0.4) is 0 Å². The summed E-state index contributed by atoms with van der Waals surface area (Å²) in [6.07, 6.45) is 0. The zero-order chi connectivity index (χ0) is 23.0. The summed E-state index contributed by atoms with van der Waals surface area (Å²) in [4.78, 5) is 26.9. The standard InChI is InChI=1S/C20H26F2N2O7/c1-12-16(18(25)30-10-9-28-3)17(23-20(26)24(12)7-8-27-2)13-5-6-14(31-19(21)22)15(11-13)29-4/h5-6,11,17,19H,7-10H2,1-4H3,(H,23,26). The lowest BCUT2D eigenvalue weighted by atomic mass is 9.94. The maximum absolute atomic E-state index is 12.9. The molecule has 1 aromatic carbocycles. The van der Waals surface area contributed by atoms with Crippen LogP contribution in [-0.4, -0.2) is 71.2 Å². The second-order valence-electron chi connectivity index (χ2n) is 6.44. The smallest absolute Gasteiger partial charge is 0.387 e. The van der Waals surface area contributed by atoms with E-state index in [4.69, 9.17) is 18.9 Å². The number of nitrogens with zero attached hydrogens (tertiary/aromatic N) is 1. The van der Waals surface area contributed by atoms with E-state index in [1.807, 2.05) is 0 Å². The van der Waals surface area contributed by atoms with Crippen LogP contribution in [0, 0.1) is 0 Å². The Morgan fingerprint density at radius 3 is 2.45 bits per heavy atom. The van der Waals surface area contributed by atoms with E-state index in [-0.39, 0.29) is 43.4 Å². The molecule has 0 aromatic heterocycles. The van der Waals surface area contributed by atoms with E-state index in [1.54, 1.807) is 6.92 Å². The number of esters is 1. The highest BCUT2D eigenvalue weighted by Crippen LogP contribution is 2.36. The summed E-state index contributed by atoms with van der Waals surface area (Å²) in [7, 11) is 4.27. The molecule has 0 saturated carbocycles. The summed E-state index contributed by atoms with van der Waals surface area (Å²) in [6, 6.07) is 2.83. The molecule has 1 atom stereocenters. The van der Waals surface area contributed by atoms with Gasteiger partial charge in [-0.25, -0.2) is 9.59 Å². The number of carbonyl (C=O) groups is 2. The SMILES string of the molecule is COCCOC(=O)C1=C(C)N(CCOC)C(=O)NC1c1ccc(OC(F)F)c(OC)c1. The summed E-state index contributed by atoms with van der Waals surface area (Å²) < 4.78 is 50.0. The number of urea groups is 1. The van der Waals surface area contributed by atoms with Gasteiger partial charge in [-0.1, -0.05) is 6.07 Å². The number of alkyl halides is 2. The quantitative estimate of drug-likeness (QED) is 0.414. The number of hydrogen-bond acceptors (Lipinski definition) is 7. The number of nitrogens with one attached hydrogen (secondary N) is 1. The van der Waals surface area contributed by atoms with Crippen LogP contribution in [0.4, 0.5) is 13.6 Å². The second kappa shape index (κ2) is 11.5. The molecule has 1 aliphatic heterocycles. The van der Waals surface area contributed by atoms with Gasteiger partial charge in [0.2, 0.25) is 0 Å². The van der Waals surface area contributed by atoms with E-state index in [2.05, 4.69) is 10.1 Å². The number of rotatable bonds is 11. The maximum atomic E-state index is 12.9. The van der Waals surface area contributed by atoms with Gasteiger partial charge in [-0.15, -0.1) is 0 Å². The number of methoxy groups -OCH3 is 3. The minimum atomic E-state index is -3.03. The maximum Gasteiger partial charge on any atom is 0.387 e. The lowest BCUT2D eigenvalue weighted by Crippen LogP contribution is -2.49. The Kier molecular flexibility index (Phi) is 9.01. The highest BCUT2D eigenvalue weighted by atomic mass is 19.3. The molecule has 2 amide bonds. The van der Waals surface area contributed by atoms with Crippen molar-refractivity contribution in [1.82, 2.24) is 10.2 Å². The van der Waals surface area contributed by atoms with Gasteiger partial charge in [0, 0.05) is 19.9 Å². The zero-order valence-corrected chi connectivity index (χ0v) is 17.8. The van der Waals surface area contributed by atoms with E-state index < -0.39 is 24.7 Å². The van der Waals surface area contributed by atoms with Crippen LogP contribution in [0.5, 0.6) is 11.5 Å². The summed E-state index contributed by atoms with van der Waals surface area (Å²) in [5.74, 6) is -0.789. The highest BCUT2D eigenvalue weighted by molar-refractivity contribution is 5.95. The molecule has 1 heterocycles. The number of hydrogen-bond donors (Lipinski definition) is 1.